The van der Waals surface area contributed by atoms with E-state index in [2.05, 4.69) is 23.1 Å². The minimum absolute atomic E-state index is 0.103. The molecule has 0 unspecified atom stereocenters. The molecule has 1 aromatic carbocycles. The quantitative estimate of drug-likeness (QED) is 0.857. The number of rotatable bonds is 4. The number of carbonyl (C=O) groups excluding carboxylic acids is 1. The van der Waals surface area contributed by atoms with E-state index in [1.165, 1.54) is 0 Å². The standard InChI is InChI=1S/C18H24N4O2/c1-14-10-19-22(11-14)13-18(23)21-9-8-20(2)16(12-21)15-6-4-5-7-17(15)24-3/h4-7,10-11,16H,8-9,12-13H2,1-3H3/t16-/m1/s1. The molecular weight excluding hydrogens is 304 g/mol. The maximum Gasteiger partial charge on any atom is 0.244 e. The maximum atomic E-state index is 12.6. The fourth-order valence-corrected chi connectivity index (χ4v) is 3.17. The van der Waals surface area contributed by atoms with Gasteiger partial charge in [0.1, 0.15) is 12.3 Å². The number of ether oxygens (including phenoxy) is 1. The van der Waals surface area contributed by atoms with Gasteiger partial charge in [0.2, 0.25) is 5.91 Å². The van der Waals surface area contributed by atoms with Gasteiger partial charge < -0.3 is 9.64 Å². The number of para-hydroxylation sites is 1. The van der Waals surface area contributed by atoms with Crippen molar-refractivity contribution in [2.75, 3.05) is 33.8 Å². The van der Waals surface area contributed by atoms with Gasteiger partial charge in [0.05, 0.1) is 19.3 Å². The van der Waals surface area contributed by atoms with Crippen LogP contribution in [-0.2, 0) is 11.3 Å². The number of piperazine rings is 1. The Morgan fingerprint density at radius 2 is 2.12 bits per heavy atom. The summed E-state index contributed by atoms with van der Waals surface area (Å²) >= 11 is 0. The summed E-state index contributed by atoms with van der Waals surface area (Å²) in [5.41, 5.74) is 2.18. The number of aryl methyl sites for hydroxylation is 1. The second-order valence-corrected chi connectivity index (χ2v) is 6.29. The van der Waals surface area contributed by atoms with Crippen LogP contribution in [0.25, 0.3) is 0 Å². The number of amides is 1. The Morgan fingerprint density at radius 3 is 2.83 bits per heavy atom. The number of methoxy groups -OCH3 is 1. The van der Waals surface area contributed by atoms with Crippen molar-refractivity contribution in [3.63, 3.8) is 0 Å². The number of hydrogen-bond acceptors (Lipinski definition) is 4. The summed E-state index contributed by atoms with van der Waals surface area (Å²) in [4.78, 5) is 16.8. The second kappa shape index (κ2) is 7.05. The highest BCUT2D eigenvalue weighted by atomic mass is 16.5. The van der Waals surface area contributed by atoms with E-state index in [9.17, 15) is 4.79 Å². The summed E-state index contributed by atoms with van der Waals surface area (Å²) in [5, 5.41) is 4.21. The normalized spacial score (nSPS) is 18.6. The van der Waals surface area contributed by atoms with Gasteiger partial charge in [-0.25, -0.2) is 0 Å². The molecule has 24 heavy (non-hydrogen) atoms. The predicted molar refractivity (Wildman–Crippen MR) is 91.9 cm³/mol. The Labute approximate surface area is 142 Å². The van der Waals surface area contributed by atoms with Crippen LogP contribution >= 0.6 is 0 Å². The molecule has 6 nitrogen and oxygen atoms in total. The third-order valence-electron chi connectivity index (χ3n) is 4.56. The maximum absolute atomic E-state index is 12.6. The van der Waals surface area contributed by atoms with Gasteiger partial charge in [0.15, 0.2) is 0 Å². The molecule has 0 radical (unpaired) electrons. The number of hydrogen-bond donors (Lipinski definition) is 0. The SMILES string of the molecule is COc1ccccc1[C@H]1CN(C(=O)Cn2cc(C)cn2)CCN1C. The van der Waals surface area contributed by atoms with Gasteiger partial charge in [-0.2, -0.15) is 5.10 Å². The Kier molecular flexibility index (Phi) is 4.85. The van der Waals surface area contributed by atoms with Crippen LogP contribution in [0.5, 0.6) is 5.75 Å². The fraction of sp³-hybridized carbons (Fsp3) is 0.444. The fourth-order valence-electron chi connectivity index (χ4n) is 3.17. The number of benzene rings is 1. The molecule has 1 saturated heterocycles. The van der Waals surface area contributed by atoms with Crippen molar-refractivity contribution in [1.82, 2.24) is 19.6 Å². The van der Waals surface area contributed by atoms with Gasteiger partial charge in [0, 0.05) is 31.4 Å². The molecular formula is C18H24N4O2. The molecule has 0 spiro atoms. The Hall–Kier alpha value is -2.34. The molecule has 0 bridgehead atoms. The minimum atomic E-state index is 0.103. The van der Waals surface area contributed by atoms with Crippen LogP contribution < -0.4 is 4.74 Å². The van der Waals surface area contributed by atoms with Crippen LogP contribution in [-0.4, -0.2) is 59.3 Å². The van der Waals surface area contributed by atoms with Crippen molar-refractivity contribution < 1.29 is 9.53 Å². The van der Waals surface area contributed by atoms with Gasteiger partial charge in [0.25, 0.3) is 0 Å². The molecule has 0 saturated carbocycles. The van der Waals surface area contributed by atoms with Crippen LogP contribution in [0, 0.1) is 6.92 Å². The average Bonchev–Trinajstić information content (AvgIpc) is 3.00. The average molecular weight is 328 g/mol. The lowest BCUT2D eigenvalue weighted by Crippen LogP contribution is -2.49. The molecule has 1 atom stereocenters. The summed E-state index contributed by atoms with van der Waals surface area (Å²) in [6.07, 6.45) is 3.67. The van der Waals surface area contributed by atoms with Crippen LogP contribution in [0.4, 0.5) is 0 Å². The summed E-state index contributed by atoms with van der Waals surface area (Å²) in [6.45, 7) is 4.50. The Bertz CT molecular complexity index is 713. The van der Waals surface area contributed by atoms with Gasteiger partial charge in [-0.15, -0.1) is 0 Å². The molecule has 1 fully saturated rings. The van der Waals surface area contributed by atoms with Crippen LogP contribution in [0.15, 0.2) is 36.7 Å². The van der Waals surface area contributed by atoms with Crippen molar-refractivity contribution in [3.8, 4) is 5.75 Å². The molecule has 1 amide bonds. The monoisotopic (exact) mass is 328 g/mol. The number of likely N-dealkylation sites (N-methyl/N-ethyl adjacent to an activating group) is 1. The van der Waals surface area contributed by atoms with Crippen molar-refractivity contribution in [1.29, 1.82) is 0 Å². The first-order chi connectivity index (χ1) is 11.6. The highest BCUT2D eigenvalue weighted by Crippen LogP contribution is 2.31. The highest BCUT2D eigenvalue weighted by molar-refractivity contribution is 5.76. The van der Waals surface area contributed by atoms with E-state index in [0.29, 0.717) is 6.54 Å². The predicted octanol–water partition coefficient (Wildman–Crippen LogP) is 1.72. The smallest absolute Gasteiger partial charge is 0.244 e. The van der Waals surface area contributed by atoms with Crippen LogP contribution in [0.3, 0.4) is 0 Å². The molecule has 1 aromatic heterocycles. The highest BCUT2D eigenvalue weighted by Gasteiger charge is 2.30. The van der Waals surface area contributed by atoms with Crippen molar-refractivity contribution in [2.24, 2.45) is 0 Å². The number of aromatic nitrogens is 2. The molecule has 128 valence electrons. The first-order valence-electron chi connectivity index (χ1n) is 8.18. The van der Waals surface area contributed by atoms with E-state index < -0.39 is 0 Å². The van der Waals surface area contributed by atoms with E-state index in [1.807, 2.05) is 36.2 Å². The van der Waals surface area contributed by atoms with Gasteiger partial charge in [-0.3, -0.25) is 14.4 Å². The molecule has 1 aliphatic rings. The van der Waals surface area contributed by atoms with Crippen molar-refractivity contribution in [3.05, 3.63) is 47.8 Å². The molecule has 3 rings (SSSR count). The topological polar surface area (TPSA) is 50.6 Å². The first-order valence-corrected chi connectivity index (χ1v) is 8.18. The zero-order valence-electron chi connectivity index (χ0n) is 14.5. The zero-order valence-corrected chi connectivity index (χ0v) is 14.5. The summed E-state index contributed by atoms with van der Waals surface area (Å²) in [5.74, 6) is 0.970. The van der Waals surface area contributed by atoms with E-state index >= 15 is 0 Å². The summed E-state index contributed by atoms with van der Waals surface area (Å²) in [6, 6.07) is 8.16. The third-order valence-corrected chi connectivity index (χ3v) is 4.56. The van der Waals surface area contributed by atoms with E-state index in [-0.39, 0.29) is 18.5 Å². The lowest BCUT2D eigenvalue weighted by Gasteiger charge is -2.40. The van der Waals surface area contributed by atoms with Gasteiger partial charge >= 0.3 is 0 Å². The Balaban J connectivity index is 1.74. The lowest BCUT2D eigenvalue weighted by molar-refractivity contribution is -0.134. The molecule has 1 aliphatic heterocycles. The van der Waals surface area contributed by atoms with Gasteiger partial charge in [-0.05, 0) is 25.6 Å². The number of carbonyl (C=O) groups is 1. The van der Waals surface area contributed by atoms with E-state index in [0.717, 1.165) is 30.0 Å². The van der Waals surface area contributed by atoms with E-state index in [4.69, 9.17) is 4.74 Å². The summed E-state index contributed by atoms with van der Waals surface area (Å²) < 4.78 is 7.20. The van der Waals surface area contributed by atoms with Crippen LogP contribution in [0.2, 0.25) is 0 Å². The van der Waals surface area contributed by atoms with Crippen LogP contribution in [0.1, 0.15) is 17.2 Å². The lowest BCUT2D eigenvalue weighted by atomic mass is 10.0. The molecule has 0 N–H and O–H groups in total. The molecule has 2 aromatic rings. The van der Waals surface area contributed by atoms with E-state index in [1.54, 1.807) is 18.0 Å². The molecule has 0 aliphatic carbocycles. The Morgan fingerprint density at radius 1 is 1.33 bits per heavy atom. The van der Waals surface area contributed by atoms with Gasteiger partial charge in [-0.1, -0.05) is 18.2 Å². The molecule has 6 heteroatoms. The largest absolute Gasteiger partial charge is 0.496 e. The first kappa shape index (κ1) is 16.5. The molecule has 2 heterocycles. The number of nitrogens with zero attached hydrogens (tertiary/aromatic N) is 4. The van der Waals surface area contributed by atoms with Crippen molar-refractivity contribution >= 4 is 5.91 Å². The minimum Gasteiger partial charge on any atom is -0.496 e. The second-order valence-electron chi connectivity index (χ2n) is 6.29. The van der Waals surface area contributed by atoms with Crippen molar-refractivity contribution in [2.45, 2.75) is 19.5 Å². The zero-order chi connectivity index (χ0) is 17.1. The summed E-state index contributed by atoms with van der Waals surface area (Å²) in [7, 11) is 3.78. The third kappa shape index (κ3) is 3.43.